The summed E-state index contributed by atoms with van der Waals surface area (Å²) in [5.74, 6) is 0.938. The predicted molar refractivity (Wildman–Crippen MR) is 65.0 cm³/mol. The van der Waals surface area contributed by atoms with Crippen LogP contribution >= 0.6 is 15.9 Å². The number of aromatic nitrogens is 2. The molecule has 2 rings (SSSR count). The maximum Gasteiger partial charge on any atom is 0.169 e. The monoisotopic (exact) mass is 283 g/mol. The molecule has 0 bridgehead atoms. The molecule has 2 aromatic rings. The van der Waals surface area contributed by atoms with Crippen molar-refractivity contribution >= 4 is 15.9 Å². The first-order valence-corrected chi connectivity index (χ1v) is 5.97. The smallest absolute Gasteiger partial charge is 0.169 e. The molecule has 0 radical (unpaired) electrons. The molecule has 2 heterocycles. The molecule has 0 fully saturated rings. The fourth-order valence-electron chi connectivity index (χ4n) is 1.47. The number of nitrogens with one attached hydrogen (secondary N) is 1. The van der Waals surface area contributed by atoms with E-state index in [0.29, 0.717) is 0 Å². The minimum Gasteiger partial charge on any atom is -0.453 e. The van der Waals surface area contributed by atoms with E-state index >= 15 is 0 Å². The SMILES string of the molecule is Cn1ccc(CCNCc2ccc(Br)o2)n1. The van der Waals surface area contributed by atoms with Crippen molar-refractivity contribution in [1.29, 1.82) is 0 Å². The summed E-state index contributed by atoms with van der Waals surface area (Å²) in [5, 5.41) is 7.61. The molecule has 0 aliphatic heterocycles. The highest BCUT2D eigenvalue weighted by Crippen LogP contribution is 2.13. The Balaban J connectivity index is 1.69. The van der Waals surface area contributed by atoms with Gasteiger partial charge in [-0.05, 0) is 34.1 Å². The molecule has 2 aromatic heterocycles. The van der Waals surface area contributed by atoms with E-state index in [1.165, 1.54) is 0 Å². The fourth-order valence-corrected chi connectivity index (χ4v) is 1.81. The molecule has 0 unspecified atom stereocenters. The average molecular weight is 284 g/mol. The number of furan rings is 1. The van der Waals surface area contributed by atoms with Crippen molar-refractivity contribution in [3.05, 3.63) is 40.5 Å². The van der Waals surface area contributed by atoms with Crippen LogP contribution in [0.5, 0.6) is 0 Å². The molecule has 0 atom stereocenters. The number of halogens is 1. The highest BCUT2D eigenvalue weighted by molar-refractivity contribution is 9.10. The van der Waals surface area contributed by atoms with Gasteiger partial charge in [0.2, 0.25) is 0 Å². The third kappa shape index (κ3) is 3.21. The van der Waals surface area contributed by atoms with E-state index in [9.17, 15) is 0 Å². The molecule has 16 heavy (non-hydrogen) atoms. The maximum atomic E-state index is 5.37. The third-order valence-electron chi connectivity index (χ3n) is 2.25. The topological polar surface area (TPSA) is 43.0 Å². The Morgan fingerprint density at radius 1 is 1.44 bits per heavy atom. The molecular formula is C11H14BrN3O. The zero-order valence-corrected chi connectivity index (χ0v) is 10.7. The van der Waals surface area contributed by atoms with Gasteiger partial charge in [0.15, 0.2) is 4.67 Å². The minimum atomic E-state index is 0.748. The van der Waals surface area contributed by atoms with Gasteiger partial charge in [-0.1, -0.05) is 0 Å². The fraction of sp³-hybridized carbons (Fsp3) is 0.364. The van der Waals surface area contributed by atoms with Crippen molar-refractivity contribution in [1.82, 2.24) is 15.1 Å². The molecule has 0 aromatic carbocycles. The molecule has 0 saturated carbocycles. The van der Waals surface area contributed by atoms with E-state index in [1.54, 1.807) is 0 Å². The molecule has 0 amide bonds. The summed E-state index contributed by atoms with van der Waals surface area (Å²) in [7, 11) is 1.93. The Morgan fingerprint density at radius 3 is 2.94 bits per heavy atom. The van der Waals surface area contributed by atoms with Crippen LogP contribution in [0.15, 0.2) is 33.5 Å². The zero-order chi connectivity index (χ0) is 11.4. The van der Waals surface area contributed by atoms with E-state index in [1.807, 2.05) is 36.1 Å². The predicted octanol–water partition coefficient (Wildman–Crippen LogP) is 2.11. The second-order valence-electron chi connectivity index (χ2n) is 3.61. The normalized spacial score (nSPS) is 10.9. The molecule has 0 spiro atoms. The van der Waals surface area contributed by atoms with Crippen LogP contribution < -0.4 is 5.32 Å². The summed E-state index contributed by atoms with van der Waals surface area (Å²) in [5.41, 5.74) is 1.11. The number of nitrogens with zero attached hydrogens (tertiary/aromatic N) is 2. The lowest BCUT2D eigenvalue weighted by Gasteiger charge is -2.00. The molecule has 0 aliphatic carbocycles. The van der Waals surface area contributed by atoms with Gasteiger partial charge in [-0.25, -0.2) is 0 Å². The first-order valence-electron chi connectivity index (χ1n) is 5.17. The third-order valence-corrected chi connectivity index (χ3v) is 2.68. The van der Waals surface area contributed by atoms with Crippen molar-refractivity contribution in [2.45, 2.75) is 13.0 Å². The minimum absolute atomic E-state index is 0.748. The lowest BCUT2D eigenvalue weighted by atomic mass is 10.3. The molecular weight excluding hydrogens is 270 g/mol. The molecule has 4 nitrogen and oxygen atoms in total. The average Bonchev–Trinajstić information content (AvgIpc) is 2.83. The van der Waals surface area contributed by atoms with E-state index in [4.69, 9.17) is 4.42 Å². The second-order valence-corrected chi connectivity index (χ2v) is 4.39. The number of rotatable bonds is 5. The van der Waals surface area contributed by atoms with Crippen molar-refractivity contribution in [2.75, 3.05) is 6.54 Å². The Hall–Kier alpha value is -1.07. The van der Waals surface area contributed by atoms with Gasteiger partial charge in [0.1, 0.15) is 5.76 Å². The van der Waals surface area contributed by atoms with Crippen LogP contribution in [0.25, 0.3) is 0 Å². The summed E-state index contributed by atoms with van der Waals surface area (Å²) in [6, 6.07) is 5.89. The van der Waals surface area contributed by atoms with Gasteiger partial charge in [0.25, 0.3) is 0 Å². The molecule has 0 aliphatic rings. The number of aryl methyl sites for hydroxylation is 1. The number of hydrogen-bond acceptors (Lipinski definition) is 3. The summed E-state index contributed by atoms with van der Waals surface area (Å²) in [4.78, 5) is 0. The van der Waals surface area contributed by atoms with Gasteiger partial charge in [-0.3, -0.25) is 4.68 Å². The zero-order valence-electron chi connectivity index (χ0n) is 9.11. The Morgan fingerprint density at radius 2 is 2.31 bits per heavy atom. The van der Waals surface area contributed by atoms with Gasteiger partial charge in [0, 0.05) is 26.2 Å². The van der Waals surface area contributed by atoms with Crippen molar-refractivity contribution in [3.8, 4) is 0 Å². The van der Waals surface area contributed by atoms with E-state index in [0.717, 1.165) is 35.6 Å². The summed E-state index contributed by atoms with van der Waals surface area (Å²) in [6.45, 7) is 1.65. The molecule has 1 N–H and O–H groups in total. The maximum absolute atomic E-state index is 5.37. The van der Waals surface area contributed by atoms with E-state index < -0.39 is 0 Å². The lowest BCUT2D eigenvalue weighted by molar-refractivity contribution is 0.466. The Kier molecular flexibility index (Phi) is 3.79. The summed E-state index contributed by atoms with van der Waals surface area (Å²) < 4.78 is 7.96. The lowest BCUT2D eigenvalue weighted by Crippen LogP contribution is -2.16. The van der Waals surface area contributed by atoms with Crippen LogP contribution in [-0.2, 0) is 20.0 Å². The van der Waals surface area contributed by atoms with Crippen molar-refractivity contribution in [3.63, 3.8) is 0 Å². The van der Waals surface area contributed by atoms with Crippen LogP contribution in [0.3, 0.4) is 0 Å². The van der Waals surface area contributed by atoms with Crippen LogP contribution in [0, 0.1) is 0 Å². The van der Waals surface area contributed by atoms with Gasteiger partial charge < -0.3 is 9.73 Å². The summed E-state index contributed by atoms with van der Waals surface area (Å²) >= 11 is 3.27. The van der Waals surface area contributed by atoms with Crippen LogP contribution in [0.4, 0.5) is 0 Å². The quantitative estimate of drug-likeness (QED) is 0.855. The van der Waals surface area contributed by atoms with Gasteiger partial charge in [-0.15, -0.1) is 0 Å². The highest BCUT2D eigenvalue weighted by Gasteiger charge is 1.99. The van der Waals surface area contributed by atoms with Crippen LogP contribution in [0.2, 0.25) is 0 Å². The number of hydrogen-bond donors (Lipinski definition) is 1. The first-order chi connectivity index (χ1) is 7.74. The van der Waals surface area contributed by atoms with E-state index in [2.05, 4.69) is 26.3 Å². The second kappa shape index (κ2) is 5.32. The van der Waals surface area contributed by atoms with Gasteiger partial charge >= 0.3 is 0 Å². The van der Waals surface area contributed by atoms with E-state index in [-0.39, 0.29) is 0 Å². The summed E-state index contributed by atoms with van der Waals surface area (Å²) in [6.07, 6.45) is 2.89. The van der Waals surface area contributed by atoms with Crippen LogP contribution in [0.1, 0.15) is 11.5 Å². The standard InChI is InChI=1S/C11H14BrN3O/c1-15-7-5-9(14-15)4-6-13-8-10-2-3-11(12)16-10/h2-3,5,7,13H,4,6,8H2,1H3. The van der Waals surface area contributed by atoms with Crippen LogP contribution in [-0.4, -0.2) is 16.3 Å². The van der Waals surface area contributed by atoms with Crippen molar-refractivity contribution in [2.24, 2.45) is 7.05 Å². The first kappa shape index (κ1) is 11.4. The Bertz CT molecular complexity index is 407. The highest BCUT2D eigenvalue weighted by atomic mass is 79.9. The molecule has 5 heteroatoms. The van der Waals surface area contributed by atoms with Gasteiger partial charge in [0.05, 0.1) is 12.2 Å². The van der Waals surface area contributed by atoms with Gasteiger partial charge in [-0.2, -0.15) is 5.10 Å². The largest absolute Gasteiger partial charge is 0.453 e. The Labute approximate surface area is 103 Å². The van der Waals surface area contributed by atoms with Crippen molar-refractivity contribution < 1.29 is 4.42 Å². The molecule has 0 saturated heterocycles. The molecule has 86 valence electrons.